The van der Waals surface area contributed by atoms with Gasteiger partial charge in [-0.15, -0.1) is 0 Å². The van der Waals surface area contributed by atoms with Gasteiger partial charge in [0, 0.05) is 17.7 Å². The Morgan fingerprint density at radius 1 is 1.05 bits per heavy atom. The topological polar surface area (TPSA) is 69.6 Å². The summed E-state index contributed by atoms with van der Waals surface area (Å²) >= 11 is 0. The van der Waals surface area contributed by atoms with Crippen molar-refractivity contribution in [2.45, 2.75) is 12.0 Å². The van der Waals surface area contributed by atoms with E-state index in [9.17, 15) is 15.0 Å². The van der Waals surface area contributed by atoms with Gasteiger partial charge in [0.2, 0.25) is 0 Å². The number of benzene rings is 2. The van der Waals surface area contributed by atoms with Crippen LogP contribution in [0.15, 0.2) is 48.5 Å². The molecule has 1 amide bonds. The van der Waals surface area contributed by atoms with E-state index < -0.39 is 11.5 Å². The summed E-state index contributed by atoms with van der Waals surface area (Å²) in [7, 11) is 0. The van der Waals surface area contributed by atoms with Crippen LogP contribution in [0.1, 0.15) is 11.1 Å². The smallest absolute Gasteiger partial charge is 0.261 e. The number of rotatable bonds is 2. The van der Waals surface area contributed by atoms with Crippen molar-refractivity contribution in [1.82, 2.24) is 0 Å². The second-order valence-corrected chi connectivity index (χ2v) is 4.70. The van der Waals surface area contributed by atoms with Crippen LogP contribution in [0.5, 0.6) is 5.75 Å². The predicted octanol–water partition coefficient (Wildman–Crippen LogP) is 1.77. The maximum atomic E-state index is 12.0. The Bertz CT molecular complexity index is 636. The number of para-hydroxylation sites is 1. The Kier molecular flexibility index (Phi) is 2.54. The van der Waals surface area contributed by atoms with Crippen LogP contribution in [0.2, 0.25) is 0 Å². The molecule has 3 rings (SSSR count). The zero-order chi connectivity index (χ0) is 13.5. The summed E-state index contributed by atoms with van der Waals surface area (Å²) in [5, 5.41) is 22.6. The lowest BCUT2D eigenvalue weighted by atomic mass is 9.88. The van der Waals surface area contributed by atoms with Crippen LogP contribution in [0.25, 0.3) is 0 Å². The Hall–Kier alpha value is -2.33. The summed E-state index contributed by atoms with van der Waals surface area (Å²) in [4.78, 5) is 12.0. The van der Waals surface area contributed by atoms with Crippen LogP contribution in [-0.4, -0.2) is 16.1 Å². The summed E-state index contributed by atoms with van der Waals surface area (Å²) in [6, 6.07) is 13.6. The minimum Gasteiger partial charge on any atom is -0.508 e. The molecule has 4 heteroatoms. The lowest BCUT2D eigenvalue weighted by Crippen LogP contribution is -2.36. The van der Waals surface area contributed by atoms with Gasteiger partial charge in [0.25, 0.3) is 5.91 Å². The van der Waals surface area contributed by atoms with Gasteiger partial charge in [-0.2, -0.15) is 0 Å². The highest BCUT2D eigenvalue weighted by Gasteiger charge is 2.44. The van der Waals surface area contributed by atoms with E-state index in [1.807, 2.05) is 6.07 Å². The molecule has 0 saturated heterocycles. The van der Waals surface area contributed by atoms with E-state index in [2.05, 4.69) is 5.32 Å². The third-order valence-electron chi connectivity index (χ3n) is 3.39. The molecule has 1 aliphatic heterocycles. The molecular weight excluding hydrogens is 242 g/mol. The number of amides is 1. The van der Waals surface area contributed by atoms with E-state index in [0.717, 1.165) is 5.56 Å². The van der Waals surface area contributed by atoms with Gasteiger partial charge >= 0.3 is 0 Å². The highest BCUT2D eigenvalue weighted by molar-refractivity contribution is 6.05. The SMILES string of the molecule is O=C1Nc2ccccc2C1(O)Cc1ccc(O)cc1. The number of carbonyl (C=O) groups is 1. The van der Waals surface area contributed by atoms with Crippen LogP contribution in [-0.2, 0) is 16.8 Å². The molecule has 96 valence electrons. The van der Waals surface area contributed by atoms with Crippen molar-refractivity contribution in [3.8, 4) is 5.75 Å². The molecule has 0 saturated carbocycles. The molecule has 2 aromatic rings. The normalized spacial score (nSPS) is 21.0. The number of nitrogens with one attached hydrogen (secondary N) is 1. The third-order valence-corrected chi connectivity index (χ3v) is 3.39. The zero-order valence-corrected chi connectivity index (χ0v) is 10.1. The van der Waals surface area contributed by atoms with Gasteiger partial charge in [-0.05, 0) is 23.8 Å². The average molecular weight is 255 g/mol. The Balaban J connectivity index is 1.99. The summed E-state index contributed by atoms with van der Waals surface area (Å²) in [5.74, 6) is -0.256. The molecule has 0 fully saturated rings. The number of aromatic hydroxyl groups is 1. The van der Waals surface area contributed by atoms with Gasteiger partial charge in [0.05, 0.1) is 0 Å². The van der Waals surface area contributed by atoms with Crippen LogP contribution in [0.4, 0.5) is 5.69 Å². The molecule has 1 atom stereocenters. The molecule has 0 aliphatic carbocycles. The van der Waals surface area contributed by atoms with Gasteiger partial charge in [-0.3, -0.25) is 4.79 Å². The Morgan fingerprint density at radius 3 is 2.47 bits per heavy atom. The van der Waals surface area contributed by atoms with Crippen molar-refractivity contribution in [2.75, 3.05) is 5.32 Å². The fraction of sp³-hybridized carbons (Fsp3) is 0.133. The lowest BCUT2D eigenvalue weighted by Gasteiger charge is -2.20. The summed E-state index contributed by atoms with van der Waals surface area (Å²) < 4.78 is 0. The first-order chi connectivity index (χ1) is 9.09. The highest BCUT2D eigenvalue weighted by Crippen LogP contribution is 2.38. The van der Waals surface area contributed by atoms with E-state index in [1.165, 1.54) is 12.1 Å². The van der Waals surface area contributed by atoms with Crippen LogP contribution in [0, 0.1) is 0 Å². The number of aliphatic hydroxyl groups is 1. The van der Waals surface area contributed by atoms with E-state index in [-0.39, 0.29) is 12.2 Å². The summed E-state index contributed by atoms with van der Waals surface area (Å²) in [6.07, 6.45) is 0.177. The Morgan fingerprint density at radius 2 is 1.74 bits per heavy atom. The van der Waals surface area contributed by atoms with Crippen LogP contribution >= 0.6 is 0 Å². The summed E-state index contributed by atoms with van der Waals surface area (Å²) in [6.45, 7) is 0. The second-order valence-electron chi connectivity index (χ2n) is 4.70. The maximum absolute atomic E-state index is 12.0. The average Bonchev–Trinajstić information content (AvgIpc) is 2.65. The number of fused-ring (bicyclic) bond motifs is 1. The maximum Gasteiger partial charge on any atom is 0.261 e. The van der Waals surface area contributed by atoms with E-state index in [1.54, 1.807) is 30.3 Å². The van der Waals surface area contributed by atoms with Gasteiger partial charge in [0.1, 0.15) is 5.75 Å². The van der Waals surface area contributed by atoms with E-state index in [4.69, 9.17) is 0 Å². The van der Waals surface area contributed by atoms with Crippen molar-refractivity contribution < 1.29 is 15.0 Å². The molecular formula is C15H13NO3. The van der Waals surface area contributed by atoms with E-state index >= 15 is 0 Å². The largest absolute Gasteiger partial charge is 0.508 e. The van der Waals surface area contributed by atoms with Crippen molar-refractivity contribution in [2.24, 2.45) is 0 Å². The number of anilines is 1. The minimum atomic E-state index is -1.55. The number of hydrogen-bond acceptors (Lipinski definition) is 3. The molecule has 1 aliphatic rings. The first-order valence-corrected chi connectivity index (χ1v) is 6.01. The molecule has 1 unspecified atom stereocenters. The molecule has 0 spiro atoms. The standard InChI is InChI=1S/C15H13NO3/c17-11-7-5-10(6-8-11)9-15(19)12-3-1-2-4-13(12)16-14(15)18/h1-8,17,19H,9H2,(H,16,18). The molecule has 19 heavy (non-hydrogen) atoms. The van der Waals surface area contributed by atoms with Crippen LogP contribution < -0.4 is 5.32 Å². The number of hydrogen-bond donors (Lipinski definition) is 3. The van der Waals surface area contributed by atoms with Crippen molar-refractivity contribution in [1.29, 1.82) is 0 Å². The van der Waals surface area contributed by atoms with Gasteiger partial charge < -0.3 is 15.5 Å². The lowest BCUT2D eigenvalue weighted by molar-refractivity contribution is -0.133. The number of phenolic OH excluding ortho intramolecular Hbond substituents is 1. The zero-order valence-electron chi connectivity index (χ0n) is 10.1. The summed E-state index contributed by atoms with van der Waals surface area (Å²) in [5.41, 5.74) is 0.474. The molecule has 2 aromatic carbocycles. The molecule has 0 radical (unpaired) electrons. The fourth-order valence-corrected chi connectivity index (χ4v) is 2.39. The van der Waals surface area contributed by atoms with Gasteiger partial charge in [0.15, 0.2) is 5.60 Å². The quantitative estimate of drug-likeness (QED) is 0.766. The van der Waals surface area contributed by atoms with Gasteiger partial charge in [-0.1, -0.05) is 30.3 Å². The van der Waals surface area contributed by atoms with E-state index in [0.29, 0.717) is 11.3 Å². The van der Waals surface area contributed by atoms with Crippen molar-refractivity contribution >= 4 is 11.6 Å². The first kappa shape index (κ1) is 11.7. The first-order valence-electron chi connectivity index (χ1n) is 6.01. The molecule has 0 bridgehead atoms. The Labute approximate surface area is 110 Å². The number of carbonyl (C=O) groups excluding carboxylic acids is 1. The van der Waals surface area contributed by atoms with Crippen LogP contribution in [0.3, 0.4) is 0 Å². The minimum absolute atomic E-state index is 0.159. The molecule has 0 aromatic heterocycles. The molecule has 1 heterocycles. The third kappa shape index (κ3) is 1.86. The van der Waals surface area contributed by atoms with Crippen molar-refractivity contribution in [3.05, 3.63) is 59.7 Å². The molecule has 4 nitrogen and oxygen atoms in total. The monoisotopic (exact) mass is 255 g/mol. The molecule has 3 N–H and O–H groups in total. The second kappa shape index (κ2) is 4.10. The van der Waals surface area contributed by atoms with Crippen molar-refractivity contribution in [3.63, 3.8) is 0 Å². The highest BCUT2D eigenvalue weighted by atomic mass is 16.3. The fourth-order valence-electron chi connectivity index (χ4n) is 2.39. The predicted molar refractivity (Wildman–Crippen MR) is 70.8 cm³/mol. The number of phenols is 1. The van der Waals surface area contributed by atoms with Gasteiger partial charge in [-0.25, -0.2) is 0 Å².